The van der Waals surface area contributed by atoms with Gasteiger partial charge in [0.05, 0.1) is 6.04 Å². The average Bonchev–Trinajstić information content (AvgIpc) is 2.65. The summed E-state index contributed by atoms with van der Waals surface area (Å²) < 4.78 is 0. The van der Waals surface area contributed by atoms with Crippen LogP contribution >= 0.6 is 11.3 Å². The maximum Gasteiger partial charge on any atom is 0.271 e. The number of primary amides is 1. The first-order chi connectivity index (χ1) is 7.74. The van der Waals surface area contributed by atoms with Crippen LogP contribution in [0.2, 0.25) is 0 Å². The number of aromatic nitrogens is 1. The molecule has 0 aliphatic rings. The van der Waals surface area contributed by atoms with Gasteiger partial charge in [0.15, 0.2) is 0 Å². The van der Waals surface area contributed by atoms with E-state index in [1.54, 1.807) is 12.3 Å². The summed E-state index contributed by atoms with van der Waals surface area (Å²) in [6.45, 7) is 4.85. The molecule has 6 nitrogen and oxygen atoms in total. The Labute approximate surface area is 103 Å². The van der Waals surface area contributed by atoms with Crippen molar-refractivity contribution in [1.82, 2.24) is 10.3 Å². The molecule has 2 amide bonds. The van der Waals surface area contributed by atoms with Gasteiger partial charge in [0, 0.05) is 5.38 Å². The molecule has 0 saturated heterocycles. The monoisotopic (exact) mass is 256 g/mol. The minimum Gasteiger partial charge on any atom is -0.368 e. The fraction of sp³-hybridized carbons (Fsp3) is 0.500. The largest absolute Gasteiger partial charge is 0.368 e. The normalized spacial score (nSPS) is 13.2. The summed E-state index contributed by atoms with van der Waals surface area (Å²) in [5, 5.41) is 4.79. The Morgan fingerprint density at radius 3 is 2.53 bits per heavy atom. The number of carbonyl (C=O) groups is 2. The number of rotatable bonds is 4. The highest BCUT2D eigenvalue weighted by Crippen LogP contribution is 2.16. The maximum atomic E-state index is 11.8. The molecular weight excluding hydrogens is 240 g/mol. The standard InChI is InChI=1S/C10H16N4O2S/c1-5(11)8-13-6(4-17-8)7(15)14-10(2,3)9(12)16/h4-5H,11H2,1-3H3,(H2,12,16)(H,14,15). The summed E-state index contributed by atoms with van der Waals surface area (Å²) >= 11 is 1.31. The minimum absolute atomic E-state index is 0.217. The Morgan fingerprint density at radius 2 is 2.12 bits per heavy atom. The van der Waals surface area contributed by atoms with Crippen molar-refractivity contribution in [2.45, 2.75) is 32.4 Å². The van der Waals surface area contributed by atoms with E-state index >= 15 is 0 Å². The van der Waals surface area contributed by atoms with E-state index in [9.17, 15) is 9.59 Å². The first-order valence-electron chi connectivity index (χ1n) is 5.07. The van der Waals surface area contributed by atoms with Crippen molar-refractivity contribution in [1.29, 1.82) is 0 Å². The quantitative estimate of drug-likeness (QED) is 0.712. The molecule has 1 rings (SSSR count). The van der Waals surface area contributed by atoms with Crippen molar-refractivity contribution in [2.24, 2.45) is 11.5 Å². The van der Waals surface area contributed by atoms with Crippen molar-refractivity contribution >= 4 is 23.2 Å². The molecule has 0 saturated carbocycles. The Bertz CT molecular complexity index is 439. The number of hydrogen-bond acceptors (Lipinski definition) is 5. The van der Waals surface area contributed by atoms with E-state index in [1.165, 1.54) is 25.2 Å². The summed E-state index contributed by atoms with van der Waals surface area (Å²) in [4.78, 5) is 26.9. The van der Waals surface area contributed by atoms with Crippen molar-refractivity contribution in [3.8, 4) is 0 Å². The van der Waals surface area contributed by atoms with Crippen molar-refractivity contribution in [3.05, 3.63) is 16.1 Å². The molecule has 0 aliphatic heterocycles. The number of nitrogens with zero attached hydrogens (tertiary/aromatic N) is 1. The van der Waals surface area contributed by atoms with Crippen LogP contribution in [0, 0.1) is 0 Å². The molecule has 0 radical (unpaired) electrons. The zero-order valence-corrected chi connectivity index (χ0v) is 10.8. The molecule has 1 unspecified atom stereocenters. The molecule has 0 aliphatic carbocycles. The molecule has 0 bridgehead atoms. The highest BCUT2D eigenvalue weighted by atomic mass is 32.1. The number of thiazole rings is 1. The van der Waals surface area contributed by atoms with Gasteiger partial charge in [0.1, 0.15) is 16.2 Å². The van der Waals surface area contributed by atoms with Crippen LogP contribution in [0.1, 0.15) is 42.3 Å². The van der Waals surface area contributed by atoms with Gasteiger partial charge in [-0.2, -0.15) is 0 Å². The van der Waals surface area contributed by atoms with Gasteiger partial charge in [-0.15, -0.1) is 11.3 Å². The highest BCUT2D eigenvalue weighted by molar-refractivity contribution is 7.09. The number of nitrogens with one attached hydrogen (secondary N) is 1. The number of amides is 2. The zero-order chi connectivity index (χ0) is 13.2. The van der Waals surface area contributed by atoms with Crippen molar-refractivity contribution < 1.29 is 9.59 Å². The Hall–Kier alpha value is -1.47. The van der Waals surface area contributed by atoms with E-state index in [-0.39, 0.29) is 11.7 Å². The van der Waals surface area contributed by atoms with Crippen LogP contribution in [-0.4, -0.2) is 22.3 Å². The minimum atomic E-state index is -1.10. The van der Waals surface area contributed by atoms with Gasteiger partial charge < -0.3 is 16.8 Å². The summed E-state index contributed by atoms with van der Waals surface area (Å²) in [6.07, 6.45) is 0. The molecule has 94 valence electrons. The lowest BCUT2D eigenvalue weighted by atomic mass is 10.1. The second-order valence-corrected chi connectivity index (χ2v) is 5.19. The van der Waals surface area contributed by atoms with Crippen molar-refractivity contribution in [2.75, 3.05) is 0 Å². The van der Waals surface area contributed by atoms with Gasteiger partial charge in [-0.25, -0.2) is 4.98 Å². The average molecular weight is 256 g/mol. The van der Waals surface area contributed by atoms with Crippen LogP contribution in [0.3, 0.4) is 0 Å². The molecule has 0 fully saturated rings. The second kappa shape index (κ2) is 4.80. The summed E-state index contributed by atoms with van der Waals surface area (Å²) in [6, 6.07) is -0.217. The van der Waals surface area contributed by atoms with E-state index in [1.807, 2.05) is 0 Å². The fourth-order valence-electron chi connectivity index (χ4n) is 1.01. The van der Waals surface area contributed by atoms with Crippen LogP contribution in [-0.2, 0) is 4.79 Å². The lowest BCUT2D eigenvalue weighted by molar-refractivity contribution is -0.122. The first-order valence-corrected chi connectivity index (χ1v) is 5.95. The van der Waals surface area contributed by atoms with Gasteiger partial charge in [-0.3, -0.25) is 9.59 Å². The number of carbonyl (C=O) groups excluding carboxylic acids is 2. The van der Waals surface area contributed by atoms with E-state index in [2.05, 4.69) is 10.3 Å². The van der Waals surface area contributed by atoms with Gasteiger partial charge in [-0.1, -0.05) is 0 Å². The molecule has 1 heterocycles. The zero-order valence-electron chi connectivity index (χ0n) is 9.98. The Kier molecular flexibility index (Phi) is 3.84. The first kappa shape index (κ1) is 13.6. The van der Waals surface area contributed by atoms with E-state index in [0.717, 1.165) is 0 Å². The Balaban J connectivity index is 2.80. The van der Waals surface area contributed by atoms with Gasteiger partial charge >= 0.3 is 0 Å². The van der Waals surface area contributed by atoms with Crippen LogP contribution in [0.15, 0.2) is 5.38 Å². The van der Waals surface area contributed by atoms with Crippen LogP contribution in [0.25, 0.3) is 0 Å². The molecule has 1 atom stereocenters. The predicted octanol–water partition coefficient (Wildman–Crippen LogP) is 0.157. The highest BCUT2D eigenvalue weighted by Gasteiger charge is 2.28. The summed E-state index contributed by atoms with van der Waals surface area (Å²) in [5.41, 5.74) is 9.95. The molecule has 7 heteroatoms. The molecule has 0 aromatic carbocycles. The van der Waals surface area contributed by atoms with E-state index < -0.39 is 17.4 Å². The summed E-state index contributed by atoms with van der Waals surface area (Å²) in [7, 11) is 0. The van der Waals surface area contributed by atoms with Gasteiger partial charge in [0.25, 0.3) is 5.91 Å². The van der Waals surface area contributed by atoms with Crippen LogP contribution < -0.4 is 16.8 Å². The van der Waals surface area contributed by atoms with Crippen LogP contribution in [0.5, 0.6) is 0 Å². The lowest BCUT2D eigenvalue weighted by Crippen LogP contribution is -2.53. The molecule has 17 heavy (non-hydrogen) atoms. The topological polar surface area (TPSA) is 111 Å². The van der Waals surface area contributed by atoms with E-state index in [0.29, 0.717) is 5.01 Å². The molecule has 1 aromatic heterocycles. The predicted molar refractivity (Wildman–Crippen MR) is 65.5 cm³/mol. The van der Waals surface area contributed by atoms with Crippen LogP contribution in [0.4, 0.5) is 0 Å². The summed E-state index contributed by atoms with van der Waals surface area (Å²) in [5.74, 6) is -1.04. The molecule has 5 N–H and O–H groups in total. The number of hydrogen-bond donors (Lipinski definition) is 3. The van der Waals surface area contributed by atoms with Gasteiger partial charge in [-0.05, 0) is 20.8 Å². The smallest absolute Gasteiger partial charge is 0.271 e. The molecule has 1 aromatic rings. The van der Waals surface area contributed by atoms with Gasteiger partial charge in [0.2, 0.25) is 5.91 Å². The van der Waals surface area contributed by atoms with Crippen molar-refractivity contribution in [3.63, 3.8) is 0 Å². The lowest BCUT2D eigenvalue weighted by Gasteiger charge is -2.21. The molecule has 0 spiro atoms. The molecular formula is C10H16N4O2S. The number of nitrogens with two attached hydrogens (primary N) is 2. The third-order valence-corrected chi connectivity index (χ3v) is 3.23. The van der Waals surface area contributed by atoms with E-state index in [4.69, 9.17) is 11.5 Å². The third-order valence-electron chi connectivity index (χ3n) is 2.19. The second-order valence-electron chi connectivity index (χ2n) is 4.30. The Morgan fingerprint density at radius 1 is 1.53 bits per heavy atom. The fourth-order valence-corrected chi connectivity index (χ4v) is 1.77. The third kappa shape index (κ3) is 3.24. The maximum absolute atomic E-state index is 11.8. The SMILES string of the molecule is CC(N)c1nc(C(=O)NC(C)(C)C(N)=O)cs1.